The molecule has 0 N–H and O–H groups in total. The van der Waals surface area contributed by atoms with Crippen molar-refractivity contribution < 1.29 is 18.7 Å². The molecular weight excluding hydrogens is 403 g/mol. The summed E-state index contributed by atoms with van der Waals surface area (Å²) in [6.07, 6.45) is 1.33. The Kier molecular flexibility index (Phi) is 5.65. The second-order valence-electron chi connectivity index (χ2n) is 9.49. The Labute approximate surface area is 182 Å². The van der Waals surface area contributed by atoms with Crippen molar-refractivity contribution in [3.05, 3.63) is 11.9 Å². The summed E-state index contributed by atoms with van der Waals surface area (Å²) < 4.78 is 26.2. The summed E-state index contributed by atoms with van der Waals surface area (Å²) in [5, 5.41) is 6.35. The van der Waals surface area contributed by atoms with E-state index in [0.29, 0.717) is 30.8 Å². The van der Waals surface area contributed by atoms with Crippen LogP contribution in [0, 0.1) is 12.8 Å². The average Bonchev–Trinajstić information content (AvgIpc) is 3.25. The Morgan fingerprint density at radius 3 is 2.68 bits per heavy atom. The van der Waals surface area contributed by atoms with Crippen molar-refractivity contribution >= 4 is 18.1 Å². The SMILES string of the molecule is Cc1c(O[C@H]2CCN(C(=O)OC(C)(C)C)C[C@@H]2F)ncnc1N1CC2C=NN(C)C2C1. The number of anilines is 1. The van der Waals surface area contributed by atoms with Crippen molar-refractivity contribution in [2.24, 2.45) is 11.0 Å². The first-order valence-corrected chi connectivity index (χ1v) is 10.7. The molecule has 4 atom stereocenters. The van der Waals surface area contributed by atoms with Crippen LogP contribution in [0.4, 0.5) is 15.0 Å². The van der Waals surface area contributed by atoms with Gasteiger partial charge in [0.25, 0.3) is 0 Å². The molecule has 3 aliphatic rings. The smallest absolute Gasteiger partial charge is 0.410 e. The molecule has 170 valence electrons. The van der Waals surface area contributed by atoms with E-state index in [-0.39, 0.29) is 6.54 Å². The summed E-state index contributed by atoms with van der Waals surface area (Å²) in [5.41, 5.74) is 0.184. The molecule has 31 heavy (non-hydrogen) atoms. The normalized spacial score (nSPS) is 28.1. The first-order chi connectivity index (χ1) is 14.6. The lowest BCUT2D eigenvalue weighted by Crippen LogP contribution is -2.50. The minimum Gasteiger partial charge on any atom is -0.471 e. The van der Waals surface area contributed by atoms with Gasteiger partial charge >= 0.3 is 6.09 Å². The van der Waals surface area contributed by atoms with E-state index in [2.05, 4.69) is 20.0 Å². The molecule has 2 unspecified atom stereocenters. The molecule has 9 nitrogen and oxygen atoms in total. The minimum atomic E-state index is -1.32. The van der Waals surface area contributed by atoms with Crippen molar-refractivity contribution in [2.75, 3.05) is 38.1 Å². The number of amides is 1. The number of hydrazone groups is 1. The van der Waals surface area contributed by atoms with E-state index < -0.39 is 24.0 Å². The third kappa shape index (κ3) is 4.52. The van der Waals surface area contributed by atoms with Crippen LogP contribution >= 0.6 is 0 Å². The van der Waals surface area contributed by atoms with Crippen molar-refractivity contribution in [2.45, 2.75) is 58.0 Å². The largest absolute Gasteiger partial charge is 0.471 e. The van der Waals surface area contributed by atoms with Crippen molar-refractivity contribution in [3.63, 3.8) is 0 Å². The Morgan fingerprint density at radius 2 is 2.00 bits per heavy atom. The summed E-state index contributed by atoms with van der Waals surface area (Å²) in [5.74, 6) is 1.57. The molecule has 4 heterocycles. The molecule has 1 aromatic heterocycles. The van der Waals surface area contributed by atoms with Gasteiger partial charge in [0, 0.05) is 45.2 Å². The van der Waals surface area contributed by atoms with Crippen LogP contribution < -0.4 is 9.64 Å². The molecule has 0 radical (unpaired) electrons. The molecule has 4 rings (SSSR count). The first-order valence-electron chi connectivity index (χ1n) is 10.7. The van der Waals surface area contributed by atoms with Gasteiger partial charge in [0.1, 0.15) is 23.9 Å². The van der Waals surface area contributed by atoms with E-state index in [1.54, 1.807) is 20.8 Å². The quantitative estimate of drug-likeness (QED) is 0.721. The predicted molar refractivity (Wildman–Crippen MR) is 114 cm³/mol. The minimum absolute atomic E-state index is 0.0578. The highest BCUT2D eigenvalue weighted by atomic mass is 19.1. The Hall–Kier alpha value is -2.65. The maximum atomic E-state index is 14.9. The predicted octanol–water partition coefficient (Wildman–Crippen LogP) is 2.25. The molecule has 10 heteroatoms. The van der Waals surface area contributed by atoms with E-state index in [1.807, 2.05) is 25.2 Å². The summed E-state index contributed by atoms with van der Waals surface area (Å²) >= 11 is 0. The average molecular weight is 435 g/mol. The van der Waals surface area contributed by atoms with Crippen LogP contribution in [0.2, 0.25) is 0 Å². The van der Waals surface area contributed by atoms with Gasteiger partial charge in [0.15, 0.2) is 6.17 Å². The maximum Gasteiger partial charge on any atom is 0.410 e. The van der Waals surface area contributed by atoms with Gasteiger partial charge in [0.05, 0.1) is 18.2 Å². The molecule has 0 saturated carbocycles. The molecule has 1 amide bonds. The van der Waals surface area contributed by atoms with E-state index in [0.717, 1.165) is 24.5 Å². The molecule has 0 bridgehead atoms. The Balaban J connectivity index is 1.40. The van der Waals surface area contributed by atoms with Crippen LogP contribution in [-0.4, -0.2) is 89.3 Å². The number of aromatic nitrogens is 2. The number of likely N-dealkylation sites (tertiary alicyclic amines) is 1. The van der Waals surface area contributed by atoms with Crippen LogP contribution in [0.25, 0.3) is 0 Å². The van der Waals surface area contributed by atoms with Crippen LogP contribution in [0.15, 0.2) is 11.4 Å². The summed E-state index contributed by atoms with van der Waals surface area (Å²) in [6, 6.07) is 0.339. The molecule has 0 spiro atoms. The zero-order chi connectivity index (χ0) is 22.3. The molecule has 2 saturated heterocycles. The van der Waals surface area contributed by atoms with Crippen LogP contribution in [0.1, 0.15) is 32.8 Å². The molecule has 1 aromatic rings. The lowest BCUT2D eigenvalue weighted by Gasteiger charge is -2.35. The number of alkyl halides is 1. The van der Waals surface area contributed by atoms with Crippen LogP contribution in [0.5, 0.6) is 5.88 Å². The van der Waals surface area contributed by atoms with Gasteiger partial charge in [-0.05, 0) is 27.7 Å². The van der Waals surface area contributed by atoms with Crippen LogP contribution in [0.3, 0.4) is 0 Å². The summed E-state index contributed by atoms with van der Waals surface area (Å²) in [7, 11) is 1.98. The second-order valence-corrected chi connectivity index (χ2v) is 9.49. The van der Waals surface area contributed by atoms with E-state index in [4.69, 9.17) is 9.47 Å². The van der Waals surface area contributed by atoms with Crippen molar-refractivity contribution in [3.8, 4) is 5.88 Å². The van der Waals surface area contributed by atoms with Gasteiger partial charge in [-0.2, -0.15) is 5.10 Å². The van der Waals surface area contributed by atoms with E-state index >= 15 is 0 Å². The Bertz CT molecular complexity index is 860. The number of rotatable bonds is 3. The summed E-state index contributed by atoms with van der Waals surface area (Å²) in [6.45, 7) is 9.24. The Morgan fingerprint density at radius 1 is 1.23 bits per heavy atom. The lowest BCUT2D eigenvalue weighted by molar-refractivity contribution is -0.0116. The number of ether oxygens (including phenoxy) is 2. The molecule has 0 aliphatic carbocycles. The van der Waals surface area contributed by atoms with Crippen molar-refractivity contribution in [1.29, 1.82) is 0 Å². The fourth-order valence-electron chi connectivity index (χ4n) is 4.32. The van der Waals surface area contributed by atoms with Gasteiger partial charge in [-0.15, -0.1) is 0 Å². The zero-order valence-corrected chi connectivity index (χ0v) is 18.8. The number of hydrogen-bond donors (Lipinski definition) is 0. The number of fused-ring (bicyclic) bond motifs is 1. The standard InChI is InChI=1S/C21H31FN6O3/c1-13-18(28-9-14-8-25-26(5)16(14)11-28)23-12-24-19(13)30-17-6-7-27(10-15(17)22)20(29)31-21(2,3)4/h8,12,14-17H,6-7,9-11H2,1-5H3/t14?,15-,16?,17-/m0/s1. The highest BCUT2D eigenvalue weighted by Gasteiger charge is 2.39. The highest BCUT2D eigenvalue weighted by molar-refractivity contribution is 5.68. The lowest BCUT2D eigenvalue weighted by atomic mass is 10.1. The van der Waals surface area contributed by atoms with Gasteiger partial charge in [-0.3, -0.25) is 5.01 Å². The number of carbonyl (C=O) groups is 1. The first kappa shape index (κ1) is 21.6. The van der Waals surface area contributed by atoms with Gasteiger partial charge in [-0.25, -0.2) is 19.2 Å². The molecule has 3 aliphatic heterocycles. The third-order valence-corrected chi connectivity index (χ3v) is 5.96. The van der Waals surface area contributed by atoms with Gasteiger partial charge in [0.2, 0.25) is 5.88 Å². The number of halogens is 1. The number of carbonyl (C=O) groups excluding carboxylic acids is 1. The zero-order valence-electron chi connectivity index (χ0n) is 18.8. The second kappa shape index (κ2) is 8.12. The maximum absolute atomic E-state index is 14.9. The monoisotopic (exact) mass is 434 g/mol. The molecule has 0 aromatic carbocycles. The molecular formula is C21H31FN6O3. The van der Waals surface area contributed by atoms with Crippen molar-refractivity contribution in [1.82, 2.24) is 19.9 Å². The third-order valence-electron chi connectivity index (χ3n) is 5.96. The molecule has 2 fully saturated rings. The van der Waals surface area contributed by atoms with Gasteiger partial charge in [-0.1, -0.05) is 0 Å². The topological polar surface area (TPSA) is 83.4 Å². The number of hydrogen-bond acceptors (Lipinski definition) is 8. The van der Waals surface area contributed by atoms with Crippen LogP contribution in [-0.2, 0) is 4.74 Å². The number of nitrogens with zero attached hydrogens (tertiary/aromatic N) is 6. The van der Waals surface area contributed by atoms with E-state index in [9.17, 15) is 9.18 Å². The fourth-order valence-corrected chi connectivity index (χ4v) is 4.32. The number of likely N-dealkylation sites (N-methyl/N-ethyl adjacent to an activating group) is 1. The number of piperidine rings is 1. The highest BCUT2D eigenvalue weighted by Crippen LogP contribution is 2.33. The van der Waals surface area contributed by atoms with E-state index in [1.165, 1.54) is 11.2 Å². The summed E-state index contributed by atoms with van der Waals surface area (Å²) in [4.78, 5) is 24.6. The fraction of sp³-hybridized carbons (Fsp3) is 0.714. The van der Waals surface area contributed by atoms with Gasteiger partial charge < -0.3 is 19.3 Å².